The van der Waals surface area contributed by atoms with Gasteiger partial charge in [0.2, 0.25) is 0 Å². The minimum Gasteiger partial charge on any atom is -0.492 e. The second kappa shape index (κ2) is 11.4. The van der Waals surface area contributed by atoms with Crippen molar-refractivity contribution in [1.82, 2.24) is 10.3 Å². The number of nitrogens with zero attached hydrogens (tertiary/aromatic N) is 1. The third-order valence-electron chi connectivity index (χ3n) is 12.2. The number of hydrogen-bond acceptors (Lipinski definition) is 6. The fraction of sp³-hybridized carbons (Fsp3) is 0.818. The first-order valence-electron chi connectivity index (χ1n) is 16.0. The van der Waals surface area contributed by atoms with Crippen LogP contribution in [0.15, 0.2) is 18.5 Å². The SMILES string of the molecule is CCC(NC1CCOCC1)c1cncc(OCC[C@]23CCC4C(CCC5CC(=O)CC[C@@]54C)C2CCC3O)c1. The molecule has 6 heteroatoms. The summed E-state index contributed by atoms with van der Waals surface area (Å²) >= 11 is 0. The average molecular weight is 539 g/mol. The number of fused-ring (bicyclic) bond motifs is 5. The molecule has 0 spiro atoms. The van der Waals surface area contributed by atoms with Crippen LogP contribution in [0.5, 0.6) is 5.75 Å². The number of aliphatic hydroxyl groups excluding tert-OH is 1. The van der Waals surface area contributed by atoms with E-state index in [1.54, 1.807) is 0 Å². The van der Waals surface area contributed by atoms with E-state index in [0.29, 0.717) is 47.5 Å². The lowest BCUT2D eigenvalue weighted by Gasteiger charge is -2.60. The van der Waals surface area contributed by atoms with Crippen LogP contribution in [-0.2, 0) is 9.53 Å². The van der Waals surface area contributed by atoms with Gasteiger partial charge in [0.05, 0.1) is 18.9 Å². The largest absolute Gasteiger partial charge is 0.492 e. The van der Waals surface area contributed by atoms with Crippen LogP contribution >= 0.6 is 0 Å². The van der Waals surface area contributed by atoms with Crippen LogP contribution in [0, 0.1) is 34.5 Å². The first-order valence-corrected chi connectivity index (χ1v) is 16.0. The van der Waals surface area contributed by atoms with Gasteiger partial charge in [-0.15, -0.1) is 0 Å². The molecule has 6 nitrogen and oxygen atoms in total. The van der Waals surface area contributed by atoms with Crippen LogP contribution in [0.25, 0.3) is 0 Å². The normalized spacial score (nSPS) is 39.5. The number of hydrogen-bond donors (Lipinski definition) is 2. The van der Waals surface area contributed by atoms with Crippen LogP contribution < -0.4 is 10.1 Å². The summed E-state index contributed by atoms with van der Waals surface area (Å²) in [5, 5.41) is 15.2. The second-order valence-electron chi connectivity index (χ2n) is 13.8. The number of ketones is 1. The molecule has 2 heterocycles. The number of aliphatic hydroxyl groups is 1. The predicted octanol–water partition coefficient (Wildman–Crippen LogP) is 6.02. The summed E-state index contributed by atoms with van der Waals surface area (Å²) in [6.45, 7) is 7.04. The first kappa shape index (κ1) is 27.7. The summed E-state index contributed by atoms with van der Waals surface area (Å²) < 4.78 is 11.9. The smallest absolute Gasteiger partial charge is 0.137 e. The van der Waals surface area contributed by atoms with Crippen LogP contribution in [-0.4, -0.2) is 47.8 Å². The summed E-state index contributed by atoms with van der Waals surface area (Å²) in [6.07, 6.45) is 17.1. The molecule has 5 fully saturated rings. The molecule has 6 rings (SSSR count). The molecule has 1 saturated heterocycles. The van der Waals surface area contributed by atoms with E-state index in [0.717, 1.165) is 83.2 Å². The van der Waals surface area contributed by atoms with E-state index in [4.69, 9.17) is 9.47 Å². The van der Waals surface area contributed by atoms with Gasteiger partial charge in [0.15, 0.2) is 0 Å². The summed E-state index contributed by atoms with van der Waals surface area (Å²) in [5.74, 6) is 3.89. The molecule has 39 heavy (non-hydrogen) atoms. The van der Waals surface area contributed by atoms with Crippen molar-refractivity contribution in [3.05, 3.63) is 24.0 Å². The minimum atomic E-state index is -0.219. The zero-order chi connectivity index (χ0) is 27.0. The number of pyridine rings is 1. The van der Waals surface area contributed by atoms with Gasteiger partial charge in [-0.1, -0.05) is 13.8 Å². The molecular formula is C33H50N2O4. The van der Waals surface area contributed by atoms with Gasteiger partial charge in [-0.25, -0.2) is 0 Å². The fourth-order valence-corrected chi connectivity index (χ4v) is 9.97. The lowest BCUT2D eigenvalue weighted by Crippen LogP contribution is -2.55. The summed E-state index contributed by atoms with van der Waals surface area (Å²) in [6, 6.07) is 2.93. The van der Waals surface area contributed by atoms with E-state index in [1.807, 2.05) is 12.4 Å². The van der Waals surface area contributed by atoms with Crippen LogP contribution in [0.4, 0.5) is 0 Å². The van der Waals surface area contributed by atoms with Gasteiger partial charge in [0, 0.05) is 49.8 Å². The Hall–Kier alpha value is -1.50. The molecule has 8 atom stereocenters. The Morgan fingerprint density at radius 3 is 2.77 bits per heavy atom. The Kier molecular flexibility index (Phi) is 8.09. The molecular weight excluding hydrogens is 488 g/mol. The van der Waals surface area contributed by atoms with Gasteiger partial charge in [0.1, 0.15) is 11.5 Å². The first-order chi connectivity index (χ1) is 18.9. The predicted molar refractivity (Wildman–Crippen MR) is 151 cm³/mol. The zero-order valence-electron chi connectivity index (χ0n) is 24.2. The summed E-state index contributed by atoms with van der Waals surface area (Å²) in [5.41, 5.74) is 1.49. The number of Topliss-reactive ketones (excluding diaryl/α,β-unsaturated/α-hetero) is 1. The van der Waals surface area contributed by atoms with Crippen LogP contribution in [0.2, 0.25) is 0 Å². The third-order valence-corrected chi connectivity index (χ3v) is 12.2. The molecule has 4 saturated carbocycles. The van der Waals surface area contributed by atoms with E-state index >= 15 is 0 Å². The van der Waals surface area contributed by atoms with Crippen molar-refractivity contribution in [2.45, 2.75) is 116 Å². The number of nitrogens with one attached hydrogen (secondary N) is 1. The zero-order valence-corrected chi connectivity index (χ0v) is 24.2. The van der Waals surface area contributed by atoms with Crippen molar-refractivity contribution in [3.63, 3.8) is 0 Å². The molecule has 1 aliphatic heterocycles. The van der Waals surface area contributed by atoms with Gasteiger partial charge in [-0.05, 0) is 111 Å². The van der Waals surface area contributed by atoms with E-state index in [1.165, 1.54) is 24.8 Å². The maximum atomic E-state index is 12.2. The highest BCUT2D eigenvalue weighted by molar-refractivity contribution is 5.79. The van der Waals surface area contributed by atoms with Gasteiger partial charge in [-0.3, -0.25) is 9.78 Å². The number of carbonyl (C=O) groups excluding carboxylic acids is 1. The van der Waals surface area contributed by atoms with Gasteiger partial charge in [0.25, 0.3) is 0 Å². The lowest BCUT2D eigenvalue weighted by atomic mass is 9.44. The van der Waals surface area contributed by atoms with Crippen LogP contribution in [0.3, 0.4) is 0 Å². The average Bonchev–Trinajstić information content (AvgIpc) is 3.29. The summed E-state index contributed by atoms with van der Waals surface area (Å²) in [7, 11) is 0. The van der Waals surface area contributed by atoms with E-state index < -0.39 is 0 Å². The Morgan fingerprint density at radius 2 is 1.95 bits per heavy atom. The lowest BCUT2D eigenvalue weighted by molar-refractivity contribution is -0.145. The van der Waals surface area contributed by atoms with Gasteiger partial charge < -0.3 is 19.9 Å². The van der Waals surface area contributed by atoms with E-state index in [-0.39, 0.29) is 17.6 Å². The van der Waals surface area contributed by atoms with Crippen molar-refractivity contribution in [2.24, 2.45) is 34.5 Å². The molecule has 0 radical (unpaired) electrons. The molecule has 0 aromatic carbocycles. The second-order valence-corrected chi connectivity index (χ2v) is 13.8. The monoisotopic (exact) mass is 538 g/mol. The molecule has 0 bridgehead atoms. The number of carbonyl (C=O) groups is 1. The van der Waals surface area contributed by atoms with Gasteiger partial charge >= 0.3 is 0 Å². The molecule has 0 amide bonds. The molecule has 6 unspecified atom stereocenters. The number of rotatable bonds is 8. The van der Waals surface area contributed by atoms with Crippen molar-refractivity contribution in [2.75, 3.05) is 19.8 Å². The number of ether oxygens (including phenoxy) is 2. The highest BCUT2D eigenvalue weighted by Gasteiger charge is 2.61. The third kappa shape index (κ3) is 5.19. The van der Waals surface area contributed by atoms with Crippen molar-refractivity contribution in [1.29, 1.82) is 0 Å². The Morgan fingerprint density at radius 1 is 1.10 bits per heavy atom. The number of aromatic nitrogens is 1. The minimum absolute atomic E-state index is 0.0174. The topological polar surface area (TPSA) is 80.7 Å². The Balaban J connectivity index is 1.11. The fourth-order valence-electron chi connectivity index (χ4n) is 9.97. The maximum absolute atomic E-state index is 12.2. The maximum Gasteiger partial charge on any atom is 0.137 e. The van der Waals surface area contributed by atoms with E-state index in [9.17, 15) is 9.90 Å². The quantitative estimate of drug-likeness (QED) is 0.421. The Bertz CT molecular complexity index is 1010. The summed E-state index contributed by atoms with van der Waals surface area (Å²) in [4.78, 5) is 16.8. The van der Waals surface area contributed by atoms with Crippen LogP contribution in [0.1, 0.15) is 109 Å². The molecule has 4 aliphatic carbocycles. The standard InChI is InChI=1S/C33H50N2O4/c1-3-30(35-24-10-15-38-16-11-24)22-18-26(21-34-20-22)39-17-14-33-13-9-28-27(29(33)6-7-31(33)37)5-4-23-19-25(36)8-12-32(23,28)2/h18,20-21,23-24,27-31,35,37H,3-17,19H2,1-2H3/t23?,27?,28?,29?,30?,31?,32-,33+/m0/s1. The van der Waals surface area contributed by atoms with Crippen molar-refractivity contribution in [3.8, 4) is 5.75 Å². The highest BCUT2D eigenvalue weighted by Crippen LogP contribution is 2.66. The Labute approximate surface area is 235 Å². The van der Waals surface area contributed by atoms with E-state index in [2.05, 4.69) is 30.2 Å². The molecule has 5 aliphatic rings. The molecule has 1 aromatic heterocycles. The molecule has 1 aromatic rings. The van der Waals surface area contributed by atoms with Gasteiger partial charge in [-0.2, -0.15) is 0 Å². The van der Waals surface area contributed by atoms with Crippen molar-refractivity contribution >= 4 is 5.78 Å². The molecule has 2 N–H and O–H groups in total. The van der Waals surface area contributed by atoms with Crippen molar-refractivity contribution < 1.29 is 19.4 Å². The molecule has 216 valence electrons. The highest BCUT2D eigenvalue weighted by atomic mass is 16.5.